The summed E-state index contributed by atoms with van der Waals surface area (Å²) in [5.74, 6) is -0.161. The van der Waals surface area contributed by atoms with Gasteiger partial charge in [0.25, 0.3) is 15.0 Å². The number of rotatable bonds is 4. The summed E-state index contributed by atoms with van der Waals surface area (Å²) in [6.07, 6.45) is 0. The number of benzene rings is 1. The molecule has 0 aromatic heterocycles. The van der Waals surface area contributed by atoms with Crippen molar-refractivity contribution in [1.29, 1.82) is 0 Å². The van der Waals surface area contributed by atoms with Gasteiger partial charge in [-0.2, -0.15) is 0 Å². The highest BCUT2D eigenvalue weighted by atomic mass is 35.7. The van der Waals surface area contributed by atoms with Crippen molar-refractivity contribution in [2.45, 2.75) is 18.7 Å². The lowest BCUT2D eigenvalue weighted by Crippen LogP contribution is -2.20. The Labute approximate surface area is 104 Å². The van der Waals surface area contributed by atoms with Crippen molar-refractivity contribution in [3.8, 4) is 5.75 Å². The maximum Gasteiger partial charge on any atom is 0.261 e. The van der Waals surface area contributed by atoms with Crippen molar-refractivity contribution in [2.75, 3.05) is 6.61 Å². The average Bonchev–Trinajstić information content (AvgIpc) is 2.14. The summed E-state index contributed by atoms with van der Waals surface area (Å²) in [5.41, 5.74) is 6.11. The quantitative estimate of drug-likeness (QED) is 0.835. The first-order valence-electron chi connectivity index (χ1n) is 4.69. The van der Waals surface area contributed by atoms with Crippen LogP contribution in [-0.4, -0.2) is 20.9 Å². The first-order valence-corrected chi connectivity index (χ1v) is 6.99. The minimum Gasteiger partial charge on any atom is -0.483 e. The molecule has 0 spiro atoms. The average molecular weight is 278 g/mol. The Bertz CT molecular complexity index is 530. The second-order valence-electron chi connectivity index (χ2n) is 3.58. The minimum absolute atomic E-state index is 0.000548. The molecule has 0 aliphatic carbocycles. The Kier molecular flexibility index (Phi) is 4.00. The van der Waals surface area contributed by atoms with Crippen LogP contribution < -0.4 is 10.5 Å². The zero-order valence-corrected chi connectivity index (χ0v) is 10.9. The topological polar surface area (TPSA) is 86.5 Å². The third-order valence-electron chi connectivity index (χ3n) is 2.07. The zero-order chi connectivity index (χ0) is 13.2. The van der Waals surface area contributed by atoms with Crippen molar-refractivity contribution >= 4 is 25.6 Å². The lowest BCUT2D eigenvalue weighted by molar-refractivity contribution is -0.119. The third-order valence-corrected chi connectivity index (χ3v) is 3.41. The molecule has 1 aromatic rings. The molecule has 94 valence electrons. The maximum atomic E-state index is 11.2. The smallest absolute Gasteiger partial charge is 0.261 e. The molecule has 0 fully saturated rings. The maximum absolute atomic E-state index is 11.2. The van der Waals surface area contributed by atoms with Gasteiger partial charge in [-0.05, 0) is 37.1 Å². The van der Waals surface area contributed by atoms with Crippen molar-refractivity contribution in [2.24, 2.45) is 5.73 Å². The lowest BCUT2D eigenvalue weighted by Gasteiger charge is -2.11. The number of halogens is 1. The van der Waals surface area contributed by atoms with Gasteiger partial charge in [0, 0.05) is 10.7 Å². The number of amides is 1. The SMILES string of the molecule is Cc1cc(S(=O)(=O)Cl)cc(C)c1OCC(N)=O. The summed E-state index contributed by atoms with van der Waals surface area (Å²) in [7, 11) is 1.47. The molecule has 1 aromatic carbocycles. The van der Waals surface area contributed by atoms with Crippen molar-refractivity contribution in [1.82, 2.24) is 0 Å². The first-order chi connectivity index (χ1) is 7.71. The summed E-state index contributed by atoms with van der Waals surface area (Å²) >= 11 is 0. The van der Waals surface area contributed by atoms with E-state index in [1.807, 2.05) is 0 Å². The van der Waals surface area contributed by atoms with Gasteiger partial charge in [-0.15, -0.1) is 0 Å². The fourth-order valence-corrected chi connectivity index (χ4v) is 2.32. The van der Waals surface area contributed by atoms with E-state index in [1.165, 1.54) is 12.1 Å². The molecule has 0 atom stereocenters. The van der Waals surface area contributed by atoms with Crippen LogP contribution in [0.3, 0.4) is 0 Å². The van der Waals surface area contributed by atoms with Gasteiger partial charge < -0.3 is 10.5 Å². The predicted molar refractivity (Wildman–Crippen MR) is 63.6 cm³/mol. The number of hydrogen-bond donors (Lipinski definition) is 1. The van der Waals surface area contributed by atoms with Crippen LogP contribution in [0.2, 0.25) is 0 Å². The van der Waals surface area contributed by atoms with Crippen LogP contribution in [0.15, 0.2) is 17.0 Å². The summed E-state index contributed by atoms with van der Waals surface area (Å²) < 4.78 is 27.5. The van der Waals surface area contributed by atoms with Crippen molar-refractivity contribution < 1.29 is 17.9 Å². The molecule has 0 saturated heterocycles. The highest BCUT2D eigenvalue weighted by Gasteiger charge is 2.15. The molecule has 1 amide bonds. The van der Waals surface area contributed by atoms with E-state index < -0.39 is 15.0 Å². The van der Waals surface area contributed by atoms with Gasteiger partial charge in [0.1, 0.15) is 5.75 Å². The van der Waals surface area contributed by atoms with E-state index in [0.717, 1.165) is 0 Å². The Morgan fingerprint density at radius 1 is 1.35 bits per heavy atom. The molecule has 0 heterocycles. The van der Waals surface area contributed by atoms with E-state index in [9.17, 15) is 13.2 Å². The second kappa shape index (κ2) is 4.93. The van der Waals surface area contributed by atoms with E-state index in [1.54, 1.807) is 13.8 Å². The van der Waals surface area contributed by atoms with Gasteiger partial charge >= 0.3 is 0 Å². The van der Waals surface area contributed by atoms with E-state index >= 15 is 0 Å². The van der Waals surface area contributed by atoms with Crippen LogP contribution >= 0.6 is 10.7 Å². The number of hydrogen-bond acceptors (Lipinski definition) is 4. The minimum atomic E-state index is -3.77. The Hall–Kier alpha value is -1.27. The molecule has 0 aliphatic heterocycles. The standard InChI is InChI=1S/C10H12ClNO4S/c1-6-3-8(17(11,14)15)4-7(2)10(6)16-5-9(12)13/h3-4H,5H2,1-2H3,(H2,12,13). The van der Waals surface area contributed by atoms with E-state index in [-0.39, 0.29) is 11.5 Å². The molecule has 0 radical (unpaired) electrons. The second-order valence-corrected chi connectivity index (χ2v) is 6.14. The lowest BCUT2D eigenvalue weighted by atomic mass is 10.1. The molecule has 0 aliphatic rings. The molecule has 1 rings (SSSR count). The number of ether oxygens (including phenoxy) is 1. The Morgan fingerprint density at radius 2 is 1.82 bits per heavy atom. The first kappa shape index (κ1) is 13.8. The van der Waals surface area contributed by atoms with Crippen LogP contribution in [0.4, 0.5) is 0 Å². The Balaban J connectivity index is 3.15. The molecular weight excluding hydrogens is 266 g/mol. The van der Waals surface area contributed by atoms with Crippen LogP contribution in [0.1, 0.15) is 11.1 Å². The van der Waals surface area contributed by atoms with Crippen molar-refractivity contribution in [3.63, 3.8) is 0 Å². The number of aryl methyl sites for hydroxylation is 2. The normalized spacial score (nSPS) is 11.2. The van der Waals surface area contributed by atoms with Crippen LogP contribution in [0.25, 0.3) is 0 Å². The highest BCUT2D eigenvalue weighted by Crippen LogP contribution is 2.28. The number of nitrogens with two attached hydrogens (primary N) is 1. The predicted octanol–water partition coefficient (Wildman–Crippen LogP) is 1.10. The van der Waals surface area contributed by atoms with Crippen molar-refractivity contribution in [3.05, 3.63) is 23.3 Å². The van der Waals surface area contributed by atoms with Crippen LogP contribution in [0.5, 0.6) is 5.75 Å². The largest absolute Gasteiger partial charge is 0.483 e. The number of primary amides is 1. The van der Waals surface area contributed by atoms with E-state index in [2.05, 4.69) is 0 Å². The summed E-state index contributed by atoms with van der Waals surface area (Å²) in [5, 5.41) is 0. The van der Waals surface area contributed by atoms with Gasteiger partial charge in [-0.3, -0.25) is 4.79 Å². The molecule has 2 N–H and O–H groups in total. The van der Waals surface area contributed by atoms with E-state index in [4.69, 9.17) is 21.2 Å². The van der Waals surface area contributed by atoms with Gasteiger partial charge in [0.2, 0.25) is 0 Å². The number of carbonyl (C=O) groups is 1. The van der Waals surface area contributed by atoms with Gasteiger partial charge in [-0.25, -0.2) is 8.42 Å². The molecule has 17 heavy (non-hydrogen) atoms. The molecule has 0 saturated carbocycles. The molecule has 0 unspecified atom stereocenters. The van der Waals surface area contributed by atoms with E-state index in [0.29, 0.717) is 16.9 Å². The third kappa shape index (κ3) is 3.61. The van der Waals surface area contributed by atoms with Crippen LogP contribution in [0, 0.1) is 13.8 Å². The fraction of sp³-hybridized carbons (Fsp3) is 0.300. The highest BCUT2D eigenvalue weighted by molar-refractivity contribution is 8.13. The molecule has 7 heteroatoms. The number of carbonyl (C=O) groups excluding carboxylic acids is 1. The molecule has 5 nitrogen and oxygen atoms in total. The summed E-state index contributed by atoms with van der Waals surface area (Å²) in [6, 6.07) is 2.76. The van der Waals surface area contributed by atoms with Gasteiger partial charge in [0.05, 0.1) is 4.90 Å². The summed E-state index contributed by atoms with van der Waals surface area (Å²) in [6.45, 7) is 3.07. The monoisotopic (exact) mass is 277 g/mol. The summed E-state index contributed by atoms with van der Waals surface area (Å²) in [4.78, 5) is 10.6. The van der Waals surface area contributed by atoms with Gasteiger partial charge in [-0.1, -0.05) is 0 Å². The zero-order valence-electron chi connectivity index (χ0n) is 9.36. The fourth-order valence-electron chi connectivity index (χ4n) is 1.42. The molecule has 0 bridgehead atoms. The Morgan fingerprint density at radius 3 is 2.18 bits per heavy atom. The van der Waals surface area contributed by atoms with Crippen LogP contribution in [-0.2, 0) is 13.8 Å². The molecular formula is C10H12ClNO4S. The van der Waals surface area contributed by atoms with Gasteiger partial charge in [0.15, 0.2) is 6.61 Å².